The van der Waals surface area contributed by atoms with E-state index in [0.717, 1.165) is 89.9 Å². The number of hydrogen-bond acceptors (Lipinski definition) is 5. The highest BCUT2D eigenvalue weighted by molar-refractivity contribution is 5.70. The number of hydrogen-bond donors (Lipinski definition) is 1. The van der Waals surface area contributed by atoms with Crippen LogP contribution >= 0.6 is 0 Å². The lowest BCUT2D eigenvalue weighted by Crippen LogP contribution is -2.28. The maximum absolute atomic E-state index is 12.3. The summed E-state index contributed by atoms with van der Waals surface area (Å²) in [6.07, 6.45) is 79.4. The van der Waals surface area contributed by atoms with E-state index in [2.05, 4.69) is 111 Å². The Morgan fingerprint density at radius 1 is 0.364 bits per heavy atom. The molecule has 0 rings (SSSR count). The molecule has 0 spiro atoms. The van der Waals surface area contributed by atoms with Gasteiger partial charge in [0.05, 0.1) is 6.61 Å². The average Bonchev–Trinajstić information content (AvgIpc) is 3.32. The molecule has 0 amide bonds. The number of aliphatic hydroxyl groups is 1. The van der Waals surface area contributed by atoms with Gasteiger partial charge in [0.15, 0.2) is 6.10 Å². The van der Waals surface area contributed by atoms with Gasteiger partial charge in [0.25, 0.3) is 0 Å². The summed E-state index contributed by atoms with van der Waals surface area (Å²) in [6, 6.07) is 0. The third-order valence-electron chi connectivity index (χ3n) is 11.9. The third-order valence-corrected chi connectivity index (χ3v) is 11.9. The van der Waals surface area contributed by atoms with E-state index in [1.165, 1.54) is 141 Å². The number of unbranched alkanes of at least 4 members (excludes halogenated alkanes) is 26. The van der Waals surface area contributed by atoms with Crippen molar-refractivity contribution in [3.8, 4) is 0 Å². The van der Waals surface area contributed by atoms with Crippen LogP contribution in [0.25, 0.3) is 0 Å². The van der Waals surface area contributed by atoms with Crippen molar-refractivity contribution in [3.63, 3.8) is 0 Å². The second-order valence-electron chi connectivity index (χ2n) is 18.3. The summed E-state index contributed by atoms with van der Waals surface area (Å²) >= 11 is 0. The molecule has 0 saturated carbocycles. The Bertz CT molecular complexity index is 1270. The molecule has 0 radical (unpaired) electrons. The normalized spacial score (nSPS) is 13.0. The van der Waals surface area contributed by atoms with Gasteiger partial charge in [-0.3, -0.25) is 9.59 Å². The molecule has 0 aliphatic rings. The molecule has 66 heavy (non-hydrogen) atoms. The maximum atomic E-state index is 12.3. The first-order valence-corrected chi connectivity index (χ1v) is 27.8. The van der Waals surface area contributed by atoms with E-state index in [1.807, 2.05) is 0 Å². The second-order valence-corrected chi connectivity index (χ2v) is 18.3. The van der Waals surface area contributed by atoms with E-state index < -0.39 is 6.10 Å². The number of carbonyl (C=O) groups excluding carboxylic acids is 2. The van der Waals surface area contributed by atoms with Gasteiger partial charge in [-0.15, -0.1) is 0 Å². The number of esters is 2. The summed E-state index contributed by atoms with van der Waals surface area (Å²) in [5.74, 6) is -0.603. The Hall–Kier alpha value is -3.18. The quantitative estimate of drug-likeness (QED) is 0.0374. The van der Waals surface area contributed by atoms with Crippen LogP contribution in [-0.4, -0.2) is 36.4 Å². The highest BCUT2D eigenvalue weighted by atomic mass is 16.6. The molecule has 5 nitrogen and oxygen atoms in total. The number of rotatable bonds is 50. The molecule has 0 aromatic carbocycles. The van der Waals surface area contributed by atoms with E-state index in [-0.39, 0.29) is 25.2 Å². The number of allylic oxidation sites excluding steroid dienone is 16. The predicted molar refractivity (Wildman–Crippen MR) is 288 cm³/mol. The predicted octanol–water partition coefficient (Wildman–Crippen LogP) is 18.7. The summed E-state index contributed by atoms with van der Waals surface area (Å²) in [7, 11) is 0. The molecule has 5 heteroatoms. The lowest BCUT2D eigenvalue weighted by molar-refractivity contribution is -0.161. The minimum atomic E-state index is -0.783. The van der Waals surface area contributed by atoms with E-state index in [9.17, 15) is 14.7 Å². The molecule has 0 bridgehead atoms. The van der Waals surface area contributed by atoms with Gasteiger partial charge >= 0.3 is 11.9 Å². The van der Waals surface area contributed by atoms with Crippen LogP contribution in [0.15, 0.2) is 97.2 Å². The standard InChI is InChI=1S/C61H104O5/c1-3-5-7-9-11-13-15-17-19-21-23-25-26-27-28-29-30-31-32-33-34-36-38-40-42-44-46-48-50-52-54-56-61(64)66-59(57-62)58-65-60(63)55-53-51-49-47-45-43-41-39-37-35-24-22-20-18-16-14-12-10-8-6-4-2/h5,7,11,13,16-19,22-25,27-28,37,39,59,62H,3-4,6,8-10,12,14-15,20-21,26,29-36,38,40-58H2,1-2H3/b7-5-,13-11-,18-16-,19-17-,24-22-,25-23-,28-27-,39-37-. The fourth-order valence-corrected chi connectivity index (χ4v) is 7.71. The monoisotopic (exact) mass is 917 g/mol. The van der Waals surface area contributed by atoms with Crippen LogP contribution in [0.2, 0.25) is 0 Å². The summed E-state index contributed by atoms with van der Waals surface area (Å²) < 4.78 is 10.7. The molecule has 0 saturated heterocycles. The van der Waals surface area contributed by atoms with Crippen molar-refractivity contribution in [1.29, 1.82) is 0 Å². The van der Waals surface area contributed by atoms with Crippen molar-refractivity contribution >= 4 is 11.9 Å². The Morgan fingerprint density at radius 3 is 0.985 bits per heavy atom. The number of carbonyl (C=O) groups is 2. The number of aliphatic hydroxyl groups excluding tert-OH is 1. The Morgan fingerprint density at radius 2 is 0.652 bits per heavy atom. The fourth-order valence-electron chi connectivity index (χ4n) is 7.71. The molecular formula is C61H104O5. The van der Waals surface area contributed by atoms with E-state index in [1.54, 1.807) is 0 Å². The van der Waals surface area contributed by atoms with Gasteiger partial charge < -0.3 is 14.6 Å². The zero-order valence-electron chi connectivity index (χ0n) is 43.2. The fraction of sp³-hybridized carbons (Fsp3) is 0.705. The second kappa shape index (κ2) is 56.1. The first-order valence-electron chi connectivity index (χ1n) is 27.8. The van der Waals surface area contributed by atoms with Gasteiger partial charge in [-0.05, 0) is 96.3 Å². The minimum absolute atomic E-state index is 0.0757. The SMILES string of the molecule is CC/C=C\C/C=C\C/C=C\C/C=C\C/C=C\CCCCCCCCCCCCCCCCCC(=O)OC(CO)COC(=O)CCCCCCCC/C=C\C/C=C\C/C=C\CCCCCCC. The summed E-state index contributed by atoms with van der Waals surface area (Å²) in [5, 5.41) is 9.65. The Labute approximate surface area is 408 Å². The van der Waals surface area contributed by atoms with E-state index in [0.29, 0.717) is 12.8 Å². The molecule has 1 unspecified atom stereocenters. The van der Waals surface area contributed by atoms with E-state index >= 15 is 0 Å². The molecule has 378 valence electrons. The van der Waals surface area contributed by atoms with Crippen LogP contribution in [0.4, 0.5) is 0 Å². The minimum Gasteiger partial charge on any atom is -0.462 e. The molecule has 1 N–H and O–H groups in total. The molecule has 0 aliphatic carbocycles. The van der Waals surface area contributed by atoms with E-state index in [4.69, 9.17) is 9.47 Å². The smallest absolute Gasteiger partial charge is 0.306 e. The topological polar surface area (TPSA) is 72.8 Å². The van der Waals surface area contributed by atoms with Gasteiger partial charge in [-0.25, -0.2) is 0 Å². The van der Waals surface area contributed by atoms with Crippen molar-refractivity contribution in [1.82, 2.24) is 0 Å². The van der Waals surface area contributed by atoms with Crippen LogP contribution in [-0.2, 0) is 19.1 Å². The summed E-state index contributed by atoms with van der Waals surface area (Å²) in [6.45, 7) is 4.02. The summed E-state index contributed by atoms with van der Waals surface area (Å²) in [4.78, 5) is 24.5. The van der Waals surface area contributed by atoms with Gasteiger partial charge in [0.2, 0.25) is 0 Å². The summed E-state index contributed by atoms with van der Waals surface area (Å²) in [5.41, 5.74) is 0. The third kappa shape index (κ3) is 53.4. The lowest BCUT2D eigenvalue weighted by Gasteiger charge is -2.15. The van der Waals surface area contributed by atoms with Crippen LogP contribution in [0, 0.1) is 0 Å². The van der Waals surface area contributed by atoms with Crippen molar-refractivity contribution in [2.75, 3.05) is 13.2 Å². The maximum Gasteiger partial charge on any atom is 0.306 e. The molecule has 0 aromatic rings. The van der Waals surface area contributed by atoms with Crippen molar-refractivity contribution in [2.45, 2.75) is 264 Å². The Balaban J connectivity index is 3.52. The van der Waals surface area contributed by atoms with Crippen molar-refractivity contribution in [3.05, 3.63) is 97.2 Å². The largest absolute Gasteiger partial charge is 0.462 e. The molecule has 0 fully saturated rings. The Kier molecular flexibility index (Phi) is 53.4. The van der Waals surface area contributed by atoms with Crippen LogP contribution in [0.1, 0.15) is 258 Å². The van der Waals surface area contributed by atoms with Crippen LogP contribution < -0.4 is 0 Å². The van der Waals surface area contributed by atoms with Gasteiger partial charge in [0, 0.05) is 12.8 Å². The lowest BCUT2D eigenvalue weighted by atomic mass is 10.0. The first kappa shape index (κ1) is 62.8. The molecular weight excluding hydrogens is 813 g/mol. The number of ether oxygens (including phenoxy) is 2. The highest BCUT2D eigenvalue weighted by Gasteiger charge is 2.16. The van der Waals surface area contributed by atoms with Crippen molar-refractivity contribution < 1.29 is 24.2 Å². The average molecular weight is 917 g/mol. The van der Waals surface area contributed by atoms with Crippen LogP contribution in [0.3, 0.4) is 0 Å². The molecule has 0 aromatic heterocycles. The van der Waals surface area contributed by atoms with Gasteiger partial charge in [-0.2, -0.15) is 0 Å². The van der Waals surface area contributed by atoms with Crippen LogP contribution in [0.5, 0.6) is 0 Å². The molecule has 0 heterocycles. The van der Waals surface area contributed by atoms with Gasteiger partial charge in [0.1, 0.15) is 6.61 Å². The zero-order chi connectivity index (χ0) is 47.7. The van der Waals surface area contributed by atoms with Crippen molar-refractivity contribution in [2.24, 2.45) is 0 Å². The highest BCUT2D eigenvalue weighted by Crippen LogP contribution is 2.15. The first-order chi connectivity index (χ1) is 32.6. The van der Waals surface area contributed by atoms with Gasteiger partial charge in [-0.1, -0.05) is 246 Å². The molecule has 0 aliphatic heterocycles. The molecule has 1 atom stereocenters. The zero-order valence-corrected chi connectivity index (χ0v) is 43.2.